The lowest BCUT2D eigenvalue weighted by Gasteiger charge is -2.54. The Hall–Kier alpha value is -1.38. The van der Waals surface area contributed by atoms with Crippen molar-refractivity contribution in [1.29, 1.82) is 0 Å². The first-order chi connectivity index (χ1) is 35.5. The summed E-state index contributed by atoms with van der Waals surface area (Å²) in [5.74, 6) is 0.00645. The first-order valence-corrected chi connectivity index (χ1v) is 36.5. The summed E-state index contributed by atoms with van der Waals surface area (Å²) in [6, 6.07) is 10.5. The molecule has 6 aliphatic heterocycles. The van der Waals surface area contributed by atoms with Crippen molar-refractivity contribution in [1.82, 2.24) is 0 Å². The predicted molar refractivity (Wildman–Crippen MR) is 319 cm³/mol. The number of hydrogen-bond donors (Lipinski definition) is 0. The zero-order valence-electron chi connectivity index (χ0n) is 49.6. The molecule has 6 aliphatic rings. The summed E-state index contributed by atoms with van der Waals surface area (Å²) >= 11 is 2.32. The topological polar surface area (TPSA) is 108 Å². The number of fused-ring (bicyclic) bond motifs is 1. The Labute approximate surface area is 476 Å². The number of aldehydes is 1. The Morgan fingerprint density at radius 3 is 2.12 bits per heavy atom. The molecular formula is C63H101IO10Si2. The van der Waals surface area contributed by atoms with E-state index < -0.39 is 22.6 Å². The Bertz CT molecular complexity index is 2150. The maximum Gasteiger partial charge on any atom is 0.193 e. The van der Waals surface area contributed by atoms with Crippen LogP contribution in [0.2, 0.25) is 36.3 Å². The lowest BCUT2D eigenvalue weighted by Crippen LogP contribution is -2.64. The first kappa shape index (κ1) is 62.2. The maximum absolute atomic E-state index is 15.7. The molecule has 1 aromatic rings. The maximum atomic E-state index is 15.7. The van der Waals surface area contributed by atoms with E-state index in [0.717, 1.165) is 87.2 Å². The van der Waals surface area contributed by atoms with Crippen molar-refractivity contribution in [3.05, 3.63) is 70.4 Å². The van der Waals surface area contributed by atoms with Gasteiger partial charge in [-0.3, -0.25) is 4.79 Å². The van der Waals surface area contributed by atoms with E-state index in [-0.39, 0.29) is 124 Å². The summed E-state index contributed by atoms with van der Waals surface area (Å²) in [5.41, 5.74) is 3.08. The standard InChI is InChI=1S/C63H101IO10Si2/c1-39-34-46(25-27-50-40(2)35-45(67-50)24-21-33-65)68-54(41(39)3)38-55-56(42(4)53(70-55)37-48-29-31-63(12,13)72-48)57(44-22-19-18-20-23-44)49(66)36-47-26-28-51-58(69-47)43(5)59(74-76(16,17)62(9,10)11)60(71-51)52(30-32-64)73-75(14,15)61(6,7)8/h18-20,22-23,30,32-33,39,42-43,45-48,50-60H,2-3,21,24-29,31,34-38H2,1,4-17H3/b32-30+/t39-,42+,43+,45+,46+,47-,48-,50+,51?,52+,53-,54-,55+,56-,57?,58-,59+,60+/m1/s1. The monoisotopic (exact) mass is 1200 g/mol. The number of benzene rings is 1. The average Bonchev–Trinajstić information content (AvgIpc) is 3.98. The van der Waals surface area contributed by atoms with Gasteiger partial charge in [-0.15, -0.1) is 0 Å². The highest BCUT2D eigenvalue weighted by Gasteiger charge is 2.56. The Morgan fingerprint density at radius 1 is 0.803 bits per heavy atom. The molecule has 0 N–H and O–H groups in total. The quantitative estimate of drug-likeness (QED) is 0.0511. The molecule has 0 bridgehead atoms. The minimum atomic E-state index is -2.30. The second-order valence-electron chi connectivity index (χ2n) is 27.9. The second kappa shape index (κ2) is 25.4. The van der Waals surface area contributed by atoms with Crippen LogP contribution in [0, 0.1) is 23.7 Å². The predicted octanol–water partition coefficient (Wildman–Crippen LogP) is 15.0. The molecule has 0 aliphatic carbocycles. The van der Waals surface area contributed by atoms with Crippen molar-refractivity contribution >= 4 is 51.3 Å². The van der Waals surface area contributed by atoms with Gasteiger partial charge in [-0.1, -0.05) is 128 Å². The van der Waals surface area contributed by atoms with Gasteiger partial charge in [-0.2, -0.15) is 0 Å². The molecule has 0 radical (unpaired) electrons. The first-order valence-electron chi connectivity index (χ1n) is 29.5. The van der Waals surface area contributed by atoms with Gasteiger partial charge in [-0.05, 0) is 147 Å². The molecule has 428 valence electrons. The van der Waals surface area contributed by atoms with Gasteiger partial charge >= 0.3 is 0 Å². The molecule has 0 spiro atoms. The average molecular weight is 1200 g/mol. The van der Waals surface area contributed by atoms with Crippen LogP contribution in [0.1, 0.15) is 171 Å². The van der Waals surface area contributed by atoms with Gasteiger partial charge in [0.15, 0.2) is 16.6 Å². The van der Waals surface area contributed by atoms with Crippen LogP contribution in [0.4, 0.5) is 0 Å². The lowest BCUT2D eigenvalue weighted by molar-refractivity contribution is -0.251. The van der Waals surface area contributed by atoms with Crippen LogP contribution in [-0.2, 0) is 46.9 Å². The minimum absolute atomic E-state index is 0.00495. The fourth-order valence-electron chi connectivity index (χ4n) is 13.0. The third-order valence-electron chi connectivity index (χ3n) is 19.7. The minimum Gasteiger partial charge on any atom is -0.411 e. The van der Waals surface area contributed by atoms with E-state index in [4.69, 9.17) is 37.3 Å². The lowest BCUT2D eigenvalue weighted by atomic mass is 9.70. The van der Waals surface area contributed by atoms with Gasteiger partial charge in [0, 0.05) is 43.4 Å². The van der Waals surface area contributed by atoms with Crippen LogP contribution >= 0.6 is 22.6 Å². The fourth-order valence-corrected chi connectivity index (χ4v) is 16.1. The zero-order chi connectivity index (χ0) is 55.7. The van der Waals surface area contributed by atoms with E-state index in [0.29, 0.717) is 19.3 Å². The number of ether oxygens (including phenoxy) is 6. The van der Waals surface area contributed by atoms with E-state index in [9.17, 15) is 4.79 Å². The zero-order valence-corrected chi connectivity index (χ0v) is 53.7. The van der Waals surface area contributed by atoms with E-state index in [1.54, 1.807) is 0 Å². The van der Waals surface area contributed by atoms with Crippen LogP contribution in [0.5, 0.6) is 0 Å². The van der Waals surface area contributed by atoms with Gasteiger partial charge in [0.05, 0.1) is 78.8 Å². The van der Waals surface area contributed by atoms with E-state index in [1.165, 1.54) is 0 Å². The summed E-state index contributed by atoms with van der Waals surface area (Å²) in [7, 11) is -4.52. The number of carbonyl (C=O) groups excluding carboxylic acids is 2. The van der Waals surface area contributed by atoms with Crippen molar-refractivity contribution in [3.63, 3.8) is 0 Å². The van der Waals surface area contributed by atoms with Crippen LogP contribution in [0.15, 0.2) is 64.8 Å². The fraction of sp³-hybridized carbons (Fsp3) is 0.778. The third-order valence-corrected chi connectivity index (χ3v) is 29.1. The summed E-state index contributed by atoms with van der Waals surface area (Å²) in [6.45, 7) is 43.3. The summed E-state index contributed by atoms with van der Waals surface area (Å²) in [4.78, 5) is 26.8. The van der Waals surface area contributed by atoms with Crippen molar-refractivity contribution in [2.75, 3.05) is 0 Å². The molecule has 0 amide bonds. The van der Waals surface area contributed by atoms with Crippen LogP contribution < -0.4 is 0 Å². The van der Waals surface area contributed by atoms with Crippen LogP contribution in [-0.4, -0.2) is 114 Å². The molecule has 76 heavy (non-hydrogen) atoms. The van der Waals surface area contributed by atoms with E-state index in [2.05, 4.69) is 173 Å². The Kier molecular flexibility index (Phi) is 20.8. The van der Waals surface area contributed by atoms with Crippen LogP contribution in [0.25, 0.3) is 0 Å². The van der Waals surface area contributed by atoms with Gasteiger partial charge in [0.2, 0.25) is 0 Å². The van der Waals surface area contributed by atoms with Crippen molar-refractivity contribution in [2.24, 2.45) is 23.7 Å². The number of hydrogen-bond acceptors (Lipinski definition) is 10. The number of Topliss-reactive ketones (excluding diaryl/α,β-unsaturated/α-hetero) is 1. The molecule has 2 unspecified atom stereocenters. The van der Waals surface area contributed by atoms with Gasteiger partial charge < -0.3 is 42.1 Å². The number of halogens is 1. The Morgan fingerprint density at radius 2 is 1.49 bits per heavy atom. The molecule has 18 atom stereocenters. The molecule has 10 nitrogen and oxygen atoms in total. The smallest absolute Gasteiger partial charge is 0.193 e. The SMILES string of the molecule is C=C1C[C@H](CCC=O)O[C@H]1CC[C@H]1C[C@@H](C)C(=C)[C@@H](C[C@@H]2O[C@H](C[C@H]3CCC(C)(C)O3)[C@H](C)[C@H]2C(C(=O)C[C@H]2CCC3O[C@@H]([C@H](/C=C/I)O[Si](C)(C)C(C)(C)C)[C@@H](O[Si](C)(C)C(C)(C)C)[C@@H](C)[C@H]3O2)c2ccccc2)O1. The number of carbonyl (C=O) groups is 2. The highest BCUT2D eigenvalue weighted by molar-refractivity contribution is 14.1. The highest BCUT2D eigenvalue weighted by atomic mass is 127. The van der Waals surface area contributed by atoms with E-state index in [1.807, 2.05) is 6.07 Å². The highest BCUT2D eigenvalue weighted by Crippen LogP contribution is 2.51. The van der Waals surface area contributed by atoms with Crippen LogP contribution in [0.3, 0.4) is 0 Å². The molecule has 1 aromatic carbocycles. The molecule has 13 heteroatoms. The van der Waals surface area contributed by atoms with Gasteiger partial charge in [0.1, 0.15) is 18.2 Å². The molecule has 6 heterocycles. The van der Waals surface area contributed by atoms with Crippen molar-refractivity contribution in [2.45, 2.75) is 287 Å². The summed E-state index contributed by atoms with van der Waals surface area (Å²) in [6.07, 6.45) is 11.2. The summed E-state index contributed by atoms with van der Waals surface area (Å²) in [5, 5.41) is 0.00203. The second-order valence-corrected chi connectivity index (χ2v) is 38.1. The van der Waals surface area contributed by atoms with Crippen molar-refractivity contribution < 1.29 is 46.9 Å². The largest absolute Gasteiger partial charge is 0.411 e. The van der Waals surface area contributed by atoms with Crippen molar-refractivity contribution in [3.8, 4) is 0 Å². The van der Waals surface area contributed by atoms with E-state index >= 15 is 4.79 Å². The molecule has 7 rings (SSSR count). The molecule has 0 saturated carbocycles. The Balaban J connectivity index is 1.14. The number of rotatable bonds is 21. The van der Waals surface area contributed by atoms with Gasteiger partial charge in [0.25, 0.3) is 0 Å². The van der Waals surface area contributed by atoms with Gasteiger partial charge in [-0.25, -0.2) is 0 Å². The molecule has 0 aromatic heterocycles. The molecular weight excluding hydrogens is 1100 g/mol. The normalized spacial score (nSPS) is 36.4. The molecule has 6 saturated heterocycles. The molecule has 6 fully saturated rings. The number of ketones is 1. The summed E-state index contributed by atoms with van der Waals surface area (Å²) < 4.78 is 58.8. The third kappa shape index (κ3) is 14.8.